The number of ether oxygens (including phenoxy) is 1. The number of sulfonamides is 1. The summed E-state index contributed by atoms with van der Waals surface area (Å²) in [5, 5.41) is 0. The van der Waals surface area contributed by atoms with E-state index in [-0.39, 0.29) is 23.7 Å². The van der Waals surface area contributed by atoms with Crippen LogP contribution >= 0.6 is 0 Å². The number of nitrogens with one attached hydrogen (secondary N) is 1. The molecule has 1 atom stereocenters. The van der Waals surface area contributed by atoms with Crippen molar-refractivity contribution in [2.45, 2.75) is 52.0 Å². The number of benzene rings is 1. The average molecular weight is 498 g/mol. The van der Waals surface area contributed by atoms with E-state index in [0.29, 0.717) is 23.2 Å². The summed E-state index contributed by atoms with van der Waals surface area (Å²) in [5.74, 6) is -0.956. The van der Waals surface area contributed by atoms with Crippen LogP contribution in [0.1, 0.15) is 57.2 Å². The Kier molecular flexibility index (Phi) is 8.24. The highest BCUT2D eigenvalue weighted by Gasteiger charge is 2.35. The molecule has 0 amide bonds. The number of Topliss-reactive ketones (excluding diaryl/α,β-unsaturated/α-hetero) is 1. The number of esters is 1. The molecule has 1 N–H and O–H groups in total. The Morgan fingerprint density at radius 1 is 1.09 bits per heavy atom. The van der Waals surface area contributed by atoms with Crippen molar-refractivity contribution in [3.05, 3.63) is 82.4 Å². The zero-order valence-corrected chi connectivity index (χ0v) is 21.5. The van der Waals surface area contributed by atoms with E-state index < -0.39 is 27.8 Å². The van der Waals surface area contributed by atoms with Gasteiger partial charge in [-0.05, 0) is 64.4 Å². The quantitative estimate of drug-likeness (QED) is 0.335. The first-order chi connectivity index (χ1) is 16.6. The van der Waals surface area contributed by atoms with E-state index in [4.69, 9.17) is 4.74 Å². The van der Waals surface area contributed by atoms with Gasteiger partial charge in [0.25, 0.3) is 0 Å². The van der Waals surface area contributed by atoms with Gasteiger partial charge in [0.05, 0.1) is 17.5 Å². The Morgan fingerprint density at radius 2 is 1.77 bits per heavy atom. The fourth-order valence-corrected chi connectivity index (χ4v) is 5.60. The lowest BCUT2D eigenvalue weighted by atomic mass is 10.0. The van der Waals surface area contributed by atoms with Crippen molar-refractivity contribution in [2.24, 2.45) is 0 Å². The van der Waals surface area contributed by atoms with E-state index in [2.05, 4.69) is 9.97 Å². The van der Waals surface area contributed by atoms with Crippen LogP contribution in [0.25, 0.3) is 0 Å². The maximum atomic E-state index is 13.7. The minimum absolute atomic E-state index is 0.0629. The zero-order valence-electron chi connectivity index (χ0n) is 20.7. The van der Waals surface area contributed by atoms with Crippen LogP contribution in [0.15, 0.2) is 53.6 Å². The lowest BCUT2D eigenvalue weighted by Crippen LogP contribution is -2.44. The van der Waals surface area contributed by atoms with E-state index in [1.165, 1.54) is 4.31 Å². The smallest absolute Gasteiger partial charge is 0.355 e. The number of carbonyl (C=O) groups excluding carboxylic acids is 2. The van der Waals surface area contributed by atoms with Gasteiger partial charge in [-0.3, -0.25) is 9.78 Å². The van der Waals surface area contributed by atoms with E-state index in [0.717, 1.165) is 11.3 Å². The Balaban J connectivity index is 2.00. The number of aromatic amines is 1. The standard InChI is InChI=1S/C26H31N3O5S/c1-6-34-26(31)24-18(3)23(19(4)28-24)25(30)20(5)29(16-14-21-9-7-8-15-27-21)35(32,33)22-12-10-17(2)11-13-22/h7-13,15,20,28H,6,14,16H2,1-5H3/t20-/m1/s1. The first-order valence-corrected chi connectivity index (χ1v) is 12.9. The third-order valence-electron chi connectivity index (χ3n) is 5.92. The van der Waals surface area contributed by atoms with E-state index in [1.54, 1.807) is 64.2 Å². The van der Waals surface area contributed by atoms with Crippen molar-refractivity contribution in [3.8, 4) is 0 Å². The first-order valence-electron chi connectivity index (χ1n) is 11.5. The molecular weight excluding hydrogens is 466 g/mol. The molecule has 0 spiro atoms. The summed E-state index contributed by atoms with van der Waals surface area (Å²) in [6.07, 6.45) is 1.98. The van der Waals surface area contributed by atoms with Gasteiger partial charge in [0.1, 0.15) is 5.69 Å². The molecule has 2 aromatic heterocycles. The van der Waals surface area contributed by atoms with Gasteiger partial charge in [-0.2, -0.15) is 4.31 Å². The molecule has 35 heavy (non-hydrogen) atoms. The Labute approximate surface area is 206 Å². The van der Waals surface area contributed by atoms with Gasteiger partial charge in [-0.25, -0.2) is 13.2 Å². The average Bonchev–Trinajstić information content (AvgIpc) is 3.13. The Hall–Kier alpha value is -3.30. The fourth-order valence-electron chi connectivity index (χ4n) is 4.01. The molecule has 2 heterocycles. The van der Waals surface area contributed by atoms with Gasteiger partial charge in [-0.15, -0.1) is 0 Å². The van der Waals surface area contributed by atoms with E-state index >= 15 is 0 Å². The van der Waals surface area contributed by atoms with Gasteiger partial charge >= 0.3 is 5.97 Å². The molecule has 0 aliphatic carbocycles. The molecule has 8 nitrogen and oxygen atoms in total. The summed E-state index contributed by atoms with van der Waals surface area (Å²) >= 11 is 0. The summed E-state index contributed by atoms with van der Waals surface area (Å²) in [6, 6.07) is 10.9. The zero-order chi connectivity index (χ0) is 25.8. The maximum Gasteiger partial charge on any atom is 0.355 e. The van der Waals surface area contributed by atoms with Crippen molar-refractivity contribution in [2.75, 3.05) is 13.2 Å². The molecule has 0 unspecified atom stereocenters. The van der Waals surface area contributed by atoms with Gasteiger partial charge in [0.2, 0.25) is 10.0 Å². The fraction of sp³-hybridized carbons (Fsp3) is 0.346. The highest BCUT2D eigenvalue weighted by atomic mass is 32.2. The number of nitrogens with zero attached hydrogens (tertiary/aromatic N) is 2. The normalized spacial score (nSPS) is 12.5. The maximum absolute atomic E-state index is 13.7. The molecule has 0 radical (unpaired) electrons. The molecule has 0 aliphatic heterocycles. The second kappa shape index (κ2) is 11.0. The predicted octanol–water partition coefficient (Wildman–Crippen LogP) is 4.02. The molecule has 0 aliphatic rings. The summed E-state index contributed by atoms with van der Waals surface area (Å²) in [5.41, 5.74) is 3.06. The molecule has 0 saturated carbocycles. The van der Waals surface area contributed by atoms with Gasteiger partial charge < -0.3 is 9.72 Å². The minimum atomic E-state index is -4.00. The van der Waals surface area contributed by atoms with Crippen molar-refractivity contribution in [1.29, 1.82) is 0 Å². The van der Waals surface area contributed by atoms with E-state index in [9.17, 15) is 18.0 Å². The second-order valence-corrected chi connectivity index (χ2v) is 10.3. The summed E-state index contributed by atoms with van der Waals surface area (Å²) < 4.78 is 33.7. The summed E-state index contributed by atoms with van der Waals surface area (Å²) in [6.45, 7) is 8.75. The Bertz CT molecular complexity index is 1300. The monoisotopic (exact) mass is 497 g/mol. The van der Waals surface area contributed by atoms with Crippen molar-refractivity contribution in [1.82, 2.24) is 14.3 Å². The summed E-state index contributed by atoms with van der Waals surface area (Å²) in [4.78, 5) is 33.3. The lowest BCUT2D eigenvalue weighted by molar-refractivity contribution is 0.0519. The molecule has 0 saturated heterocycles. The highest BCUT2D eigenvalue weighted by molar-refractivity contribution is 7.89. The number of pyridine rings is 1. The summed E-state index contributed by atoms with van der Waals surface area (Å²) in [7, 11) is -4.00. The third-order valence-corrected chi connectivity index (χ3v) is 7.90. The van der Waals surface area contributed by atoms with Crippen LogP contribution in [0.5, 0.6) is 0 Å². The topological polar surface area (TPSA) is 109 Å². The van der Waals surface area contributed by atoms with Crippen LogP contribution in [0.4, 0.5) is 0 Å². The van der Waals surface area contributed by atoms with Crippen molar-refractivity contribution in [3.63, 3.8) is 0 Å². The third kappa shape index (κ3) is 5.68. The number of rotatable bonds is 10. The number of hydrogen-bond acceptors (Lipinski definition) is 6. The number of hydrogen-bond donors (Lipinski definition) is 1. The molecule has 9 heteroatoms. The number of aryl methyl sites for hydroxylation is 2. The second-order valence-electron chi connectivity index (χ2n) is 8.39. The largest absolute Gasteiger partial charge is 0.461 e. The number of H-pyrrole nitrogens is 1. The molecule has 3 rings (SSSR count). The molecular formula is C26H31N3O5S. The van der Waals surface area contributed by atoms with Crippen LogP contribution in [-0.2, 0) is 21.2 Å². The molecule has 0 bridgehead atoms. The van der Waals surface area contributed by atoms with Crippen LogP contribution in [-0.4, -0.2) is 53.6 Å². The van der Waals surface area contributed by atoms with Gasteiger partial charge in [-0.1, -0.05) is 23.8 Å². The predicted molar refractivity (Wildman–Crippen MR) is 133 cm³/mol. The number of ketones is 1. The van der Waals surface area contributed by atoms with Crippen LogP contribution in [0.3, 0.4) is 0 Å². The van der Waals surface area contributed by atoms with Crippen molar-refractivity contribution < 1.29 is 22.7 Å². The van der Waals surface area contributed by atoms with E-state index in [1.807, 2.05) is 19.1 Å². The molecule has 0 fully saturated rings. The first kappa shape index (κ1) is 26.3. The Morgan fingerprint density at radius 3 is 2.37 bits per heavy atom. The van der Waals surface area contributed by atoms with Crippen molar-refractivity contribution >= 4 is 21.8 Å². The van der Waals surface area contributed by atoms with Gasteiger partial charge in [0.15, 0.2) is 5.78 Å². The molecule has 1 aromatic carbocycles. The molecule has 186 valence electrons. The lowest BCUT2D eigenvalue weighted by Gasteiger charge is -2.28. The number of aromatic nitrogens is 2. The highest BCUT2D eigenvalue weighted by Crippen LogP contribution is 2.25. The van der Waals surface area contributed by atoms with Crippen LogP contribution < -0.4 is 0 Å². The SMILES string of the molecule is CCOC(=O)c1[nH]c(C)c(C(=O)[C@@H](C)N(CCc2ccccn2)S(=O)(=O)c2ccc(C)cc2)c1C. The number of carbonyl (C=O) groups is 2. The van der Waals surface area contributed by atoms with Crippen LogP contribution in [0.2, 0.25) is 0 Å². The minimum Gasteiger partial charge on any atom is -0.461 e. The van der Waals surface area contributed by atoms with Gasteiger partial charge in [0, 0.05) is 36.1 Å². The van der Waals surface area contributed by atoms with Crippen LogP contribution in [0, 0.1) is 20.8 Å². The molecule has 3 aromatic rings.